The van der Waals surface area contributed by atoms with Crippen LogP contribution in [0.1, 0.15) is 37.4 Å². The number of nitrogens with two attached hydrogens (primary N) is 1. The lowest BCUT2D eigenvalue weighted by molar-refractivity contribution is 0.106. The molecule has 5 heterocycles. The predicted molar refractivity (Wildman–Crippen MR) is 106 cm³/mol. The smallest absolute Gasteiger partial charge is 0.220 e. The first-order chi connectivity index (χ1) is 13.7. The Balaban J connectivity index is 1.56. The molecule has 1 saturated heterocycles. The van der Waals surface area contributed by atoms with E-state index in [0.717, 1.165) is 70.9 Å². The fourth-order valence-electron chi connectivity index (χ4n) is 3.64. The molecule has 0 radical (unpaired) electrons. The summed E-state index contributed by atoms with van der Waals surface area (Å²) in [6.45, 7) is 2.84. The number of aromatic nitrogens is 6. The number of H-pyrrole nitrogens is 2. The highest BCUT2D eigenvalue weighted by atomic mass is 16.5. The first-order valence-corrected chi connectivity index (χ1v) is 9.49. The van der Waals surface area contributed by atoms with E-state index in [4.69, 9.17) is 10.5 Å². The number of aryl methyl sites for hydroxylation is 1. The van der Waals surface area contributed by atoms with Crippen molar-refractivity contribution in [3.05, 3.63) is 42.2 Å². The van der Waals surface area contributed by atoms with Crippen LogP contribution >= 0.6 is 0 Å². The van der Waals surface area contributed by atoms with E-state index in [1.54, 1.807) is 0 Å². The van der Waals surface area contributed by atoms with Crippen LogP contribution in [-0.2, 0) is 11.2 Å². The van der Waals surface area contributed by atoms with Crippen molar-refractivity contribution in [1.29, 1.82) is 0 Å². The number of aromatic amines is 2. The highest BCUT2D eigenvalue weighted by molar-refractivity contribution is 5.94. The molecule has 0 aromatic carbocycles. The summed E-state index contributed by atoms with van der Waals surface area (Å²) < 4.78 is 5.72. The Morgan fingerprint density at radius 3 is 2.96 bits per heavy atom. The molecule has 142 valence electrons. The minimum atomic E-state index is 0.0599. The second kappa shape index (κ2) is 6.72. The number of hydrogen-bond donors (Lipinski definition) is 3. The number of nitrogens with one attached hydrogen (secondary N) is 2. The summed E-state index contributed by atoms with van der Waals surface area (Å²) in [5.41, 5.74) is 11.2. The number of imidazole rings is 1. The number of pyridine rings is 1. The fraction of sp³-hybridized carbons (Fsp3) is 0.300. The molecule has 1 aliphatic heterocycles. The van der Waals surface area contributed by atoms with E-state index in [0.29, 0.717) is 0 Å². The third kappa shape index (κ3) is 2.91. The van der Waals surface area contributed by atoms with Gasteiger partial charge in [0.1, 0.15) is 17.6 Å². The quantitative estimate of drug-likeness (QED) is 0.503. The molecule has 1 atom stereocenters. The molecule has 4 aromatic rings. The monoisotopic (exact) mass is 375 g/mol. The minimum Gasteiger partial charge on any atom is -0.370 e. The van der Waals surface area contributed by atoms with E-state index in [9.17, 15) is 0 Å². The molecule has 0 spiro atoms. The summed E-state index contributed by atoms with van der Waals surface area (Å²) in [6, 6.07) is 4.06. The van der Waals surface area contributed by atoms with Crippen molar-refractivity contribution in [1.82, 2.24) is 29.9 Å². The van der Waals surface area contributed by atoms with Crippen LogP contribution in [0.5, 0.6) is 0 Å². The lowest BCUT2D eigenvalue weighted by Crippen LogP contribution is -2.00. The molecule has 8 nitrogen and oxygen atoms in total. The number of nitrogen functional groups attached to an aromatic ring is 1. The first kappa shape index (κ1) is 16.9. The molecule has 1 aliphatic rings. The van der Waals surface area contributed by atoms with Gasteiger partial charge < -0.3 is 20.4 Å². The predicted octanol–water partition coefficient (Wildman–Crippen LogP) is 3.41. The van der Waals surface area contributed by atoms with Gasteiger partial charge in [-0.25, -0.2) is 19.9 Å². The summed E-state index contributed by atoms with van der Waals surface area (Å²) in [5, 5.41) is 0.978. The third-order valence-corrected chi connectivity index (χ3v) is 5.11. The normalized spacial score (nSPS) is 16.8. The molecular formula is C20H21N7O. The van der Waals surface area contributed by atoms with Gasteiger partial charge in [0.2, 0.25) is 5.95 Å². The van der Waals surface area contributed by atoms with Crippen molar-refractivity contribution in [2.75, 3.05) is 12.3 Å². The summed E-state index contributed by atoms with van der Waals surface area (Å²) in [6.07, 6.45) is 8.51. The lowest BCUT2D eigenvalue weighted by Gasteiger charge is -2.05. The SMILES string of the molecule is CCc1cc(-c2c[nH]c3ncc(-c4cnc(C5CCCO5)[nH]4)cc23)nc(N)n1. The van der Waals surface area contributed by atoms with Crippen molar-refractivity contribution in [3.63, 3.8) is 0 Å². The van der Waals surface area contributed by atoms with E-state index in [-0.39, 0.29) is 12.1 Å². The second-order valence-electron chi connectivity index (χ2n) is 6.96. The van der Waals surface area contributed by atoms with Gasteiger partial charge in [-0.15, -0.1) is 0 Å². The van der Waals surface area contributed by atoms with Gasteiger partial charge in [-0.3, -0.25) is 0 Å². The average molecular weight is 375 g/mol. The molecule has 0 saturated carbocycles. The van der Waals surface area contributed by atoms with Crippen molar-refractivity contribution >= 4 is 17.0 Å². The number of ether oxygens (including phenoxy) is 1. The van der Waals surface area contributed by atoms with E-state index in [2.05, 4.69) is 36.0 Å². The van der Waals surface area contributed by atoms with Crippen LogP contribution in [0.25, 0.3) is 33.5 Å². The Kier molecular flexibility index (Phi) is 4.05. The van der Waals surface area contributed by atoms with E-state index < -0.39 is 0 Å². The van der Waals surface area contributed by atoms with Gasteiger partial charge in [-0.1, -0.05) is 6.92 Å². The molecule has 1 fully saturated rings. The van der Waals surface area contributed by atoms with Crippen LogP contribution in [0.15, 0.2) is 30.7 Å². The average Bonchev–Trinajstić information content (AvgIpc) is 3.46. The maximum absolute atomic E-state index is 5.90. The number of anilines is 1. The maximum Gasteiger partial charge on any atom is 0.220 e. The Morgan fingerprint density at radius 2 is 2.14 bits per heavy atom. The molecule has 4 aromatic heterocycles. The van der Waals surface area contributed by atoms with Gasteiger partial charge in [-0.05, 0) is 31.4 Å². The van der Waals surface area contributed by atoms with Crippen LogP contribution in [-0.4, -0.2) is 36.5 Å². The van der Waals surface area contributed by atoms with Gasteiger partial charge in [0, 0.05) is 41.2 Å². The third-order valence-electron chi connectivity index (χ3n) is 5.11. The number of hydrogen-bond acceptors (Lipinski definition) is 6. The Bertz CT molecular complexity index is 1140. The summed E-state index contributed by atoms with van der Waals surface area (Å²) in [7, 11) is 0. The van der Waals surface area contributed by atoms with Gasteiger partial charge in [0.15, 0.2) is 0 Å². The van der Waals surface area contributed by atoms with Crippen LogP contribution in [0, 0.1) is 0 Å². The van der Waals surface area contributed by atoms with E-state index in [1.165, 1.54) is 0 Å². The Morgan fingerprint density at radius 1 is 1.21 bits per heavy atom. The van der Waals surface area contributed by atoms with Gasteiger partial charge in [0.05, 0.1) is 17.6 Å². The molecule has 5 rings (SSSR count). The zero-order chi connectivity index (χ0) is 19.1. The van der Waals surface area contributed by atoms with Crippen LogP contribution in [0.3, 0.4) is 0 Å². The summed E-state index contributed by atoms with van der Waals surface area (Å²) in [4.78, 5) is 24.3. The largest absolute Gasteiger partial charge is 0.370 e. The zero-order valence-electron chi connectivity index (χ0n) is 15.6. The molecule has 0 amide bonds. The van der Waals surface area contributed by atoms with Crippen LogP contribution in [0.4, 0.5) is 5.95 Å². The highest BCUT2D eigenvalue weighted by Crippen LogP contribution is 2.32. The van der Waals surface area contributed by atoms with Gasteiger partial charge >= 0.3 is 0 Å². The van der Waals surface area contributed by atoms with Crippen LogP contribution in [0.2, 0.25) is 0 Å². The highest BCUT2D eigenvalue weighted by Gasteiger charge is 2.21. The van der Waals surface area contributed by atoms with Crippen LogP contribution < -0.4 is 5.73 Å². The minimum absolute atomic E-state index is 0.0599. The summed E-state index contributed by atoms with van der Waals surface area (Å²) in [5.74, 6) is 1.15. The van der Waals surface area contributed by atoms with Crippen molar-refractivity contribution in [2.24, 2.45) is 0 Å². The standard InChI is InChI=1S/C20H21N7O/c1-2-12-7-15(27-20(21)25-12)14-9-23-18-13(14)6-11(8-22-18)16-10-24-19(26-16)17-4-3-5-28-17/h6-10,17H,2-5H2,1H3,(H,22,23)(H,24,26)(H2,21,25,27). The first-order valence-electron chi connectivity index (χ1n) is 9.49. The molecule has 28 heavy (non-hydrogen) atoms. The molecule has 1 unspecified atom stereocenters. The number of nitrogens with zero attached hydrogens (tertiary/aromatic N) is 4. The summed E-state index contributed by atoms with van der Waals surface area (Å²) >= 11 is 0. The van der Waals surface area contributed by atoms with Crippen molar-refractivity contribution < 1.29 is 4.74 Å². The molecule has 0 bridgehead atoms. The Hall–Kier alpha value is -3.26. The maximum atomic E-state index is 5.90. The van der Waals surface area contributed by atoms with Crippen molar-refractivity contribution in [2.45, 2.75) is 32.3 Å². The lowest BCUT2D eigenvalue weighted by atomic mass is 10.1. The topological polar surface area (TPSA) is 118 Å². The Labute approximate surface area is 161 Å². The molecule has 4 N–H and O–H groups in total. The second-order valence-corrected chi connectivity index (χ2v) is 6.96. The molecule has 8 heteroatoms. The zero-order valence-corrected chi connectivity index (χ0v) is 15.6. The van der Waals surface area contributed by atoms with E-state index in [1.807, 2.05) is 31.6 Å². The van der Waals surface area contributed by atoms with Gasteiger partial charge in [-0.2, -0.15) is 0 Å². The molecule has 0 aliphatic carbocycles. The van der Waals surface area contributed by atoms with E-state index >= 15 is 0 Å². The van der Waals surface area contributed by atoms with Crippen molar-refractivity contribution in [3.8, 4) is 22.5 Å². The van der Waals surface area contributed by atoms with Gasteiger partial charge in [0.25, 0.3) is 0 Å². The molecular weight excluding hydrogens is 354 g/mol. The number of rotatable bonds is 4. The number of fused-ring (bicyclic) bond motifs is 1. The fourth-order valence-corrected chi connectivity index (χ4v) is 3.64.